The summed E-state index contributed by atoms with van der Waals surface area (Å²) < 4.78 is 269. The number of amides is 2. The SMILES string of the molecule is COc1c(N=S2(=O)CCC2)cc2ncnc(Nc3ccc(F)cc3O[C@@H]3CO[C@H]4[C@@H]3OC[C@H]4OC)c2c1Cl.COc1c(N=S2(=O)CCC2)cc2ncnc(Nc3ccc(F)cc3O[C@H](C)C(=O)NCC(F)(F)F)c2c1C.COc1c(N=S2(=O)CCC2)cc2ncnc(Nc3ccc(F)cc3O[C@H]3COC[C@@H]3O)c2c1C.COc1c(N=S2(=O)CCCC2)cc2ncnc(Nc3ccc(F)cc3O[C@H](C)C(=O)N[C@@H](C)C(F)(F)F)c2c1C. The van der Waals surface area contributed by atoms with Gasteiger partial charge in [0.05, 0.1) is 149 Å². The molecule has 8 aromatic carbocycles. The van der Waals surface area contributed by atoms with Crippen LogP contribution in [0.25, 0.3) is 43.6 Å². The lowest BCUT2D eigenvalue weighted by Gasteiger charge is -2.22. The van der Waals surface area contributed by atoms with Gasteiger partial charge in [0, 0.05) is 110 Å². The Morgan fingerprint density at radius 3 is 1.10 bits per heavy atom. The van der Waals surface area contributed by atoms with Gasteiger partial charge in [-0.25, -0.2) is 74.3 Å². The monoisotopic (exact) mass is 2190 g/mol. The van der Waals surface area contributed by atoms with E-state index >= 15 is 0 Å². The van der Waals surface area contributed by atoms with Crippen LogP contribution in [0.5, 0.6) is 46.0 Å². The molecule has 0 saturated carbocycles. The second-order valence-corrected chi connectivity index (χ2v) is 46.3. The molecule has 7 saturated heterocycles. The number of fused-ring (bicyclic) bond motifs is 5. The topological polar surface area (TPSA) is 458 Å². The van der Waals surface area contributed by atoms with Crippen LogP contribution in [0.1, 0.15) is 69.6 Å². The second-order valence-electron chi connectivity index (χ2n) is 35.7. The van der Waals surface area contributed by atoms with Gasteiger partial charge in [0.15, 0.2) is 30.2 Å². The molecule has 7 N–H and O–H groups in total. The Labute approximate surface area is 859 Å². The van der Waals surface area contributed by atoms with Crippen molar-refractivity contribution in [3.8, 4) is 46.0 Å². The third-order valence-corrected chi connectivity index (χ3v) is 35.1. The zero-order chi connectivity index (χ0) is 107. The summed E-state index contributed by atoms with van der Waals surface area (Å²) in [5.41, 5.74) is 7.03. The number of hydrogen-bond donors (Lipinski definition) is 7. The minimum absolute atomic E-state index is 0.121. The van der Waals surface area contributed by atoms with E-state index in [1.165, 1.54) is 103 Å². The molecule has 2 amide bonds. The maximum absolute atomic E-state index is 14.3. The molecular formula is C98H105ClF10N18O19S4. The van der Waals surface area contributed by atoms with Crippen molar-refractivity contribution in [1.29, 1.82) is 0 Å². The number of aromatic nitrogens is 8. The van der Waals surface area contributed by atoms with Crippen LogP contribution in [0.15, 0.2) is 140 Å². The lowest BCUT2D eigenvalue weighted by atomic mass is 10.1. The molecule has 0 aliphatic carbocycles. The smallest absolute Gasteiger partial charge is 0.408 e. The highest BCUT2D eigenvalue weighted by Crippen LogP contribution is 2.50. The number of aliphatic hydroxyl groups excluding tert-OH is 1. The number of nitrogens with one attached hydrogen (secondary N) is 6. The quantitative estimate of drug-likeness (QED) is 0.0214. The van der Waals surface area contributed by atoms with Gasteiger partial charge in [0.25, 0.3) is 11.8 Å². The number of aliphatic hydroxyl groups is 1. The summed E-state index contributed by atoms with van der Waals surface area (Å²) >= 11 is 6.77. The number of benzene rings is 8. The van der Waals surface area contributed by atoms with Crippen molar-refractivity contribution in [3.05, 3.63) is 167 Å². The molecule has 7 fully saturated rings. The Balaban J connectivity index is 0.000000143. The summed E-state index contributed by atoms with van der Waals surface area (Å²) in [6.45, 7) is 8.22. The summed E-state index contributed by atoms with van der Waals surface area (Å²) in [4.78, 5) is 59.1. The van der Waals surface area contributed by atoms with E-state index in [-0.39, 0.29) is 94.9 Å². The molecule has 0 bridgehead atoms. The van der Waals surface area contributed by atoms with Crippen LogP contribution in [0.3, 0.4) is 0 Å². The molecule has 0 radical (unpaired) electrons. The van der Waals surface area contributed by atoms with E-state index in [1.807, 2.05) is 12.2 Å². The van der Waals surface area contributed by atoms with Crippen molar-refractivity contribution in [2.45, 2.75) is 141 Å². The summed E-state index contributed by atoms with van der Waals surface area (Å²) in [6, 6.07) is 19.9. The number of methoxy groups -OCH3 is 5. The molecule has 4 aromatic heterocycles. The van der Waals surface area contributed by atoms with Crippen molar-refractivity contribution in [3.63, 3.8) is 0 Å². The average molecular weight is 2190 g/mol. The molecule has 0 spiro atoms. The van der Waals surface area contributed by atoms with Gasteiger partial charge in [-0.05, 0) is 146 Å². The summed E-state index contributed by atoms with van der Waals surface area (Å²) in [5.74, 6) is 3.16. The van der Waals surface area contributed by atoms with Gasteiger partial charge < -0.3 is 93.8 Å². The van der Waals surface area contributed by atoms with Crippen molar-refractivity contribution in [2.24, 2.45) is 17.5 Å². The van der Waals surface area contributed by atoms with Crippen LogP contribution in [0, 0.1) is 44.0 Å². The minimum Gasteiger partial charge on any atom is -0.494 e. The van der Waals surface area contributed by atoms with E-state index in [2.05, 4.69) is 78.6 Å². The predicted octanol–water partition coefficient (Wildman–Crippen LogP) is 18.0. The summed E-state index contributed by atoms with van der Waals surface area (Å²) in [7, 11) is -1.69. The van der Waals surface area contributed by atoms with E-state index in [0.717, 1.165) is 68.9 Å². The lowest BCUT2D eigenvalue weighted by Crippen LogP contribution is -2.47. The number of ether oxygens (including phenoxy) is 12. The fourth-order valence-corrected chi connectivity index (χ4v) is 24.1. The Bertz CT molecular complexity index is 7690. The number of anilines is 8. The Kier molecular flexibility index (Phi) is 33.6. The number of aryl methyl sites for hydroxylation is 3. The van der Waals surface area contributed by atoms with E-state index in [9.17, 15) is 75.4 Å². The number of hydrogen-bond acceptors (Lipinski definition) is 35. The molecule has 150 heavy (non-hydrogen) atoms. The van der Waals surface area contributed by atoms with E-state index < -0.39 is 129 Å². The van der Waals surface area contributed by atoms with Crippen molar-refractivity contribution in [1.82, 2.24) is 50.5 Å². The average Bonchev–Trinajstić information content (AvgIpc) is 0.832. The highest BCUT2D eigenvalue weighted by atomic mass is 35.5. The van der Waals surface area contributed by atoms with Gasteiger partial charge in [-0.1, -0.05) is 11.6 Å². The van der Waals surface area contributed by atoms with Gasteiger partial charge in [-0.3, -0.25) is 9.59 Å². The predicted molar refractivity (Wildman–Crippen MR) is 544 cm³/mol. The zero-order valence-corrected chi connectivity index (χ0v) is 86.4. The minimum atomic E-state index is -4.63. The molecular weight excluding hydrogens is 2090 g/mol. The molecule has 0 unspecified atom stereocenters. The first-order chi connectivity index (χ1) is 71.4. The van der Waals surface area contributed by atoms with Crippen LogP contribution in [0.2, 0.25) is 5.02 Å². The van der Waals surface area contributed by atoms with Crippen molar-refractivity contribution < 1.29 is 132 Å². The molecule has 52 heteroatoms. The molecule has 9 atom stereocenters. The van der Waals surface area contributed by atoms with Crippen LogP contribution in [-0.4, -0.2) is 255 Å². The van der Waals surface area contributed by atoms with Crippen LogP contribution in [0.4, 0.5) is 113 Å². The second kappa shape index (κ2) is 46.0. The van der Waals surface area contributed by atoms with Gasteiger partial charge in [0.2, 0.25) is 0 Å². The lowest BCUT2D eigenvalue weighted by molar-refractivity contribution is -0.160. The third-order valence-electron chi connectivity index (χ3n) is 25.2. The number of rotatable bonds is 29. The van der Waals surface area contributed by atoms with Gasteiger partial charge in [-0.2, -0.15) is 43.8 Å². The largest absolute Gasteiger partial charge is 0.494 e. The first-order valence-corrected chi connectivity index (χ1v) is 54.8. The molecule has 802 valence electrons. The highest BCUT2D eigenvalue weighted by molar-refractivity contribution is 7.95. The highest BCUT2D eigenvalue weighted by Gasteiger charge is 2.50. The zero-order valence-electron chi connectivity index (χ0n) is 82.4. The molecule has 12 aromatic rings. The maximum atomic E-state index is 14.3. The fourth-order valence-electron chi connectivity index (χ4n) is 17.1. The van der Waals surface area contributed by atoms with Crippen molar-refractivity contribution in [2.75, 3.05) is 136 Å². The van der Waals surface area contributed by atoms with Gasteiger partial charge in [0.1, 0.15) is 172 Å². The van der Waals surface area contributed by atoms with Crippen molar-refractivity contribution >= 4 is 175 Å². The third kappa shape index (κ3) is 25.2. The van der Waals surface area contributed by atoms with Crippen LogP contribution >= 0.6 is 11.6 Å². The Morgan fingerprint density at radius 2 is 0.760 bits per heavy atom. The number of halogens is 11. The summed E-state index contributed by atoms with van der Waals surface area (Å²) in [5, 5.41) is 28.5. The van der Waals surface area contributed by atoms with Crippen LogP contribution < -0.4 is 69.8 Å². The Morgan fingerprint density at radius 1 is 0.433 bits per heavy atom. The molecule has 19 rings (SSSR count). The van der Waals surface area contributed by atoms with Gasteiger partial charge >= 0.3 is 12.4 Å². The fraction of sp³-hybridized carbons (Fsp3) is 0.408. The summed E-state index contributed by atoms with van der Waals surface area (Å²) in [6.07, 6.45) is -4.90. The molecule has 7 aliphatic rings. The number of alkyl halides is 6. The number of nitrogens with zero attached hydrogens (tertiary/aromatic N) is 12. The number of carbonyl (C=O) groups excluding carboxylic acids is 2. The first kappa shape index (κ1) is 110. The van der Waals surface area contributed by atoms with E-state index in [4.69, 9.17) is 68.4 Å². The Hall–Kier alpha value is -13.2. The molecule has 37 nitrogen and oxygen atoms in total. The normalized spacial score (nSPS) is 19.5. The molecule has 11 heterocycles. The first-order valence-electron chi connectivity index (χ1n) is 47.0. The maximum Gasteiger partial charge on any atom is 0.408 e. The standard InChI is InChI=1S/C26H29F4N5O4S.C25H26ClFN4O6S.C24H25F4N5O4S.C23H25FN4O5S/c1-14-22-19(12-20(23(14)38-4)35-40(37)9-5-6-10-40)31-13-32-24(22)34-18-8-7-17(27)11-21(18)39-15(2)25(36)33-16(3)26(28,29)30;1-33-18-10-35-24-19(11-36-23(18)24)37-17-8-13(27)4-5-14(17)30-25-20-15(28-12-29-25)9-16(22(34-2)21(20)26)31-38(32)6-3-7-38;1-13-20-17(10-18(21(13)36-3)33-38(35)7-4-8-38)30-12-31-22(20)32-16-6-5-15(25)9-19(16)37-14(2)23(34)29-11-24(26,27)28;1-13-21-16(9-17(22(13)31-2)28-34(30)6-3-7-34)25-12-26-23(21)27-15-5-4-14(24)8-19(15)33-20-11-32-10-18(20)29/h7-8,11-13,15-16H,5-6,9-10H2,1-4H3,(H,33,36)(H,31,32,34);4-5,8-9,12,18-19,23-24H,3,6-7,10-11H2,1-2H3,(H,28,29,30);5-6,9-10,12,14H,4,7-8,11H2,1-3H3,(H,29,34)(H,30,31,32);4-5,8-9,12,18,20,29H,3,6-7,10-11H2,1-2H3,(H,25,26,27)/t15-,16+;18-,19-,23-,24-;14-;18-,20-/m1110/s1. The number of carbonyl (C=O) groups is 2. The van der Waals surface area contributed by atoms with Crippen LogP contribution in [-0.2, 0) is 67.5 Å². The molecule has 7 aliphatic heterocycles. The van der Waals surface area contributed by atoms with E-state index in [1.54, 1.807) is 63.7 Å². The van der Waals surface area contributed by atoms with Gasteiger partial charge in [-0.15, -0.1) is 0 Å². The van der Waals surface area contributed by atoms with E-state index in [0.29, 0.717) is 170 Å².